The quantitative estimate of drug-likeness (QED) is 0.856. The van der Waals surface area contributed by atoms with Gasteiger partial charge in [0.05, 0.1) is 11.3 Å². The van der Waals surface area contributed by atoms with E-state index in [0.717, 1.165) is 17.7 Å². The van der Waals surface area contributed by atoms with Crippen LogP contribution in [0.25, 0.3) is 0 Å². The highest BCUT2D eigenvalue weighted by Gasteiger charge is 2.28. The molecule has 1 fully saturated rings. The minimum Gasteiger partial charge on any atom is -0.352 e. The Labute approximate surface area is 143 Å². The highest BCUT2D eigenvalue weighted by Crippen LogP contribution is 2.30. The number of nitrogens with one attached hydrogen (secondary N) is 1. The van der Waals surface area contributed by atoms with E-state index < -0.39 is 0 Å². The van der Waals surface area contributed by atoms with Crippen LogP contribution >= 0.6 is 11.8 Å². The van der Waals surface area contributed by atoms with Gasteiger partial charge in [0.25, 0.3) is 0 Å². The van der Waals surface area contributed by atoms with Crippen molar-refractivity contribution in [2.24, 2.45) is 11.8 Å². The van der Waals surface area contributed by atoms with Gasteiger partial charge in [-0.25, -0.2) is 4.98 Å². The van der Waals surface area contributed by atoms with Gasteiger partial charge in [0.2, 0.25) is 5.91 Å². The van der Waals surface area contributed by atoms with Crippen LogP contribution in [-0.4, -0.2) is 22.7 Å². The fourth-order valence-electron chi connectivity index (χ4n) is 3.21. The van der Waals surface area contributed by atoms with E-state index in [9.17, 15) is 10.1 Å². The number of nitrogens with zero attached hydrogens (tertiary/aromatic N) is 2. The van der Waals surface area contributed by atoms with E-state index >= 15 is 0 Å². The summed E-state index contributed by atoms with van der Waals surface area (Å²) in [5, 5.41) is 13.1. The second-order valence-corrected chi connectivity index (χ2v) is 7.57. The topological polar surface area (TPSA) is 65.8 Å². The summed E-state index contributed by atoms with van der Waals surface area (Å²) in [7, 11) is 0. The molecule has 124 valence electrons. The van der Waals surface area contributed by atoms with Crippen LogP contribution in [-0.2, 0) is 4.79 Å². The monoisotopic (exact) mass is 331 g/mol. The Morgan fingerprint density at radius 1 is 1.43 bits per heavy atom. The Balaban J connectivity index is 1.96. The third kappa shape index (κ3) is 4.48. The summed E-state index contributed by atoms with van der Waals surface area (Å²) < 4.78 is 0. The molecule has 0 spiro atoms. The summed E-state index contributed by atoms with van der Waals surface area (Å²) in [6.45, 7) is 8.30. The number of thioether (sulfide) groups is 1. The number of rotatable bonds is 4. The second-order valence-electron chi connectivity index (χ2n) is 6.60. The van der Waals surface area contributed by atoms with Gasteiger partial charge in [-0.3, -0.25) is 4.79 Å². The zero-order valence-corrected chi connectivity index (χ0v) is 15.2. The lowest BCUT2D eigenvalue weighted by molar-refractivity contribution is -0.119. The Hall–Kier alpha value is -1.54. The first-order chi connectivity index (χ1) is 10.9. The van der Waals surface area contributed by atoms with Gasteiger partial charge in [-0.2, -0.15) is 5.26 Å². The van der Waals surface area contributed by atoms with Crippen LogP contribution < -0.4 is 5.32 Å². The molecule has 2 rings (SSSR count). The third-order valence-corrected chi connectivity index (χ3v) is 5.79. The fourth-order valence-corrected chi connectivity index (χ4v) is 4.12. The van der Waals surface area contributed by atoms with Crippen LogP contribution in [0.3, 0.4) is 0 Å². The van der Waals surface area contributed by atoms with Crippen molar-refractivity contribution in [1.29, 1.82) is 5.26 Å². The summed E-state index contributed by atoms with van der Waals surface area (Å²) in [6.07, 6.45) is 3.49. The minimum absolute atomic E-state index is 0.0331. The molecule has 1 aromatic heterocycles. The molecule has 1 aliphatic carbocycles. The van der Waals surface area contributed by atoms with E-state index in [1.165, 1.54) is 24.6 Å². The van der Waals surface area contributed by atoms with E-state index in [1.54, 1.807) is 0 Å². The number of hydrogen-bond acceptors (Lipinski definition) is 4. The molecule has 0 aromatic carbocycles. The van der Waals surface area contributed by atoms with Crippen molar-refractivity contribution >= 4 is 17.7 Å². The molecule has 0 aliphatic heterocycles. The first kappa shape index (κ1) is 17.8. The second kappa shape index (κ2) is 7.83. The first-order valence-corrected chi connectivity index (χ1v) is 9.21. The van der Waals surface area contributed by atoms with Crippen molar-refractivity contribution in [1.82, 2.24) is 10.3 Å². The van der Waals surface area contributed by atoms with Crippen molar-refractivity contribution in [2.75, 3.05) is 5.75 Å². The maximum atomic E-state index is 12.3. The van der Waals surface area contributed by atoms with Gasteiger partial charge in [0, 0.05) is 11.7 Å². The SMILES string of the molecule is Cc1cc(C)c(C#N)c(SCC(=O)N[C@@H]2CCC[C@@H](C)[C@@H]2C)n1. The zero-order chi connectivity index (χ0) is 17.0. The number of hydrogen-bond donors (Lipinski definition) is 1. The molecule has 1 aliphatic rings. The van der Waals surface area contributed by atoms with Crippen molar-refractivity contribution in [2.45, 2.75) is 58.0 Å². The molecule has 0 radical (unpaired) electrons. The van der Waals surface area contributed by atoms with Crippen LogP contribution in [0, 0.1) is 37.0 Å². The number of amides is 1. The molecule has 4 nitrogen and oxygen atoms in total. The molecule has 0 saturated heterocycles. The van der Waals surface area contributed by atoms with E-state index in [0.29, 0.717) is 28.2 Å². The Bertz CT molecular complexity index is 623. The normalized spacial score (nSPS) is 24.0. The fraction of sp³-hybridized carbons (Fsp3) is 0.611. The van der Waals surface area contributed by atoms with Gasteiger partial charge in [0.1, 0.15) is 11.1 Å². The number of nitriles is 1. The highest BCUT2D eigenvalue weighted by atomic mass is 32.2. The lowest BCUT2D eigenvalue weighted by atomic mass is 9.78. The Morgan fingerprint density at radius 3 is 2.87 bits per heavy atom. The number of aryl methyl sites for hydroxylation is 2. The molecule has 0 unspecified atom stereocenters. The smallest absolute Gasteiger partial charge is 0.230 e. The average molecular weight is 331 g/mol. The highest BCUT2D eigenvalue weighted by molar-refractivity contribution is 8.00. The van der Waals surface area contributed by atoms with Gasteiger partial charge in [-0.05, 0) is 43.7 Å². The molecule has 1 N–H and O–H groups in total. The molecule has 0 bridgehead atoms. The van der Waals surface area contributed by atoms with Gasteiger partial charge >= 0.3 is 0 Å². The molecule has 5 heteroatoms. The molecule has 1 saturated carbocycles. The summed E-state index contributed by atoms with van der Waals surface area (Å²) in [5.74, 6) is 1.52. The molecular formula is C18H25N3OS. The van der Waals surface area contributed by atoms with E-state index in [1.807, 2.05) is 19.9 Å². The molecular weight excluding hydrogens is 306 g/mol. The maximum absolute atomic E-state index is 12.3. The van der Waals surface area contributed by atoms with Crippen molar-refractivity contribution in [3.05, 3.63) is 22.9 Å². The average Bonchev–Trinajstić information content (AvgIpc) is 2.49. The van der Waals surface area contributed by atoms with E-state index in [4.69, 9.17) is 0 Å². The van der Waals surface area contributed by atoms with Gasteiger partial charge < -0.3 is 5.32 Å². The van der Waals surface area contributed by atoms with E-state index in [2.05, 4.69) is 30.2 Å². The summed E-state index contributed by atoms with van der Waals surface area (Å²) in [6, 6.07) is 4.36. The lowest BCUT2D eigenvalue weighted by Gasteiger charge is -2.34. The van der Waals surface area contributed by atoms with Crippen LogP contribution in [0.4, 0.5) is 0 Å². The standard InChI is InChI=1S/C18H25N3OS/c1-11-6-5-7-16(14(11)4)21-17(22)10-23-18-15(9-19)12(2)8-13(3)20-18/h8,11,14,16H,5-7,10H2,1-4H3,(H,21,22)/t11-,14+,16-/m1/s1. The predicted molar refractivity (Wildman–Crippen MR) is 93.3 cm³/mol. The number of aromatic nitrogens is 1. The van der Waals surface area contributed by atoms with Crippen LogP contribution in [0.1, 0.15) is 49.9 Å². The third-order valence-electron chi connectivity index (χ3n) is 4.82. The molecule has 1 aromatic rings. The number of carbonyl (C=O) groups excluding carboxylic acids is 1. The Morgan fingerprint density at radius 2 is 2.17 bits per heavy atom. The molecule has 23 heavy (non-hydrogen) atoms. The van der Waals surface area contributed by atoms with Crippen molar-refractivity contribution < 1.29 is 4.79 Å². The largest absolute Gasteiger partial charge is 0.352 e. The van der Waals surface area contributed by atoms with Crippen LogP contribution in [0.5, 0.6) is 0 Å². The summed E-state index contributed by atoms with van der Waals surface area (Å²) in [5.41, 5.74) is 2.37. The molecule has 1 amide bonds. The molecule has 1 heterocycles. The predicted octanol–water partition coefficient (Wildman–Crippen LogP) is 3.60. The number of carbonyl (C=O) groups is 1. The van der Waals surface area contributed by atoms with Gasteiger partial charge in [0.15, 0.2) is 0 Å². The lowest BCUT2D eigenvalue weighted by Crippen LogP contribution is -2.44. The minimum atomic E-state index is 0.0331. The van der Waals surface area contributed by atoms with Crippen molar-refractivity contribution in [3.63, 3.8) is 0 Å². The van der Waals surface area contributed by atoms with Crippen LogP contribution in [0.15, 0.2) is 11.1 Å². The summed E-state index contributed by atoms with van der Waals surface area (Å²) in [4.78, 5) is 16.7. The van der Waals surface area contributed by atoms with Crippen molar-refractivity contribution in [3.8, 4) is 6.07 Å². The molecule has 3 atom stereocenters. The van der Waals surface area contributed by atoms with E-state index in [-0.39, 0.29) is 11.9 Å². The number of pyridine rings is 1. The summed E-state index contributed by atoms with van der Waals surface area (Å²) >= 11 is 1.35. The Kier molecular flexibility index (Phi) is 6.06. The first-order valence-electron chi connectivity index (χ1n) is 8.23. The zero-order valence-electron chi connectivity index (χ0n) is 14.3. The van der Waals surface area contributed by atoms with Crippen LogP contribution in [0.2, 0.25) is 0 Å². The maximum Gasteiger partial charge on any atom is 0.230 e. The van der Waals surface area contributed by atoms with Gasteiger partial charge in [-0.1, -0.05) is 38.5 Å². The van der Waals surface area contributed by atoms with Gasteiger partial charge in [-0.15, -0.1) is 0 Å².